The van der Waals surface area contributed by atoms with Crippen molar-refractivity contribution in [3.8, 4) is 0 Å². The molecule has 1 rings (SSSR count). The quantitative estimate of drug-likeness (QED) is 0.571. The number of nitrogens with zero attached hydrogens (tertiary/aromatic N) is 1. The lowest BCUT2D eigenvalue weighted by molar-refractivity contribution is 0.0922. The largest absolute Gasteiger partial charge is 0.396 e. The van der Waals surface area contributed by atoms with Crippen molar-refractivity contribution in [3.63, 3.8) is 0 Å². The molecule has 0 radical (unpaired) electrons. The molecule has 1 aromatic rings. The van der Waals surface area contributed by atoms with Crippen LogP contribution in [0.5, 0.6) is 0 Å². The molecule has 0 atom stereocenters. The molecule has 84 valence electrons. The van der Waals surface area contributed by atoms with Crippen LogP contribution in [-0.2, 0) is 4.74 Å². The fraction of sp³-hybridized carbons (Fsp3) is 0.500. The second-order valence-corrected chi connectivity index (χ2v) is 3.08. The fourth-order valence-electron chi connectivity index (χ4n) is 1.13. The lowest BCUT2D eigenvalue weighted by Crippen LogP contribution is -2.08. The topological polar surface area (TPSA) is 80.4 Å². The number of nitrogen functional groups attached to an aromatic ring is 1. The molecule has 5 heteroatoms. The van der Waals surface area contributed by atoms with Crippen LogP contribution >= 0.6 is 0 Å². The van der Waals surface area contributed by atoms with Crippen LogP contribution in [0.1, 0.15) is 6.42 Å². The zero-order chi connectivity index (χ0) is 10.9. The molecule has 1 heterocycles. The Kier molecular flexibility index (Phi) is 5.50. The average Bonchev–Trinajstić information content (AvgIpc) is 2.25. The molecule has 0 saturated heterocycles. The molecule has 0 saturated carbocycles. The Bertz CT molecular complexity index is 281. The summed E-state index contributed by atoms with van der Waals surface area (Å²) in [6.07, 6.45) is 4.19. The van der Waals surface area contributed by atoms with Gasteiger partial charge in [-0.25, -0.2) is 0 Å². The fourth-order valence-corrected chi connectivity index (χ4v) is 1.13. The van der Waals surface area contributed by atoms with Gasteiger partial charge in [-0.3, -0.25) is 4.98 Å². The first-order valence-corrected chi connectivity index (χ1v) is 4.96. The molecule has 0 aliphatic carbocycles. The van der Waals surface area contributed by atoms with Crippen LogP contribution in [0.3, 0.4) is 0 Å². The number of anilines is 2. The molecular formula is C10H17N3O2. The minimum Gasteiger partial charge on any atom is -0.396 e. The smallest absolute Gasteiger partial charge is 0.0736 e. The lowest BCUT2D eigenvalue weighted by Gasteiger charge is -2.08. The molecule has 15 heavy (non-hydrogen) atoms. The molecular weight excluding hydrogens is 194 g/mol. The first-order chi connectivity index (χ1) is 7.34. The van der Waals surface area contributed by atoms with Crippen LogP contribution < -0.4 is 11.1 Å². The predicted molar refractivity (Wildman–Crippen MR) is 59.7 cm³/mol. The summed E-state index contributed by atoms with van der Waals surface area (Å²) in [4.78, 5) is 3.90. The molecule has 0 aromatic carbocycles. The van der Waals surface area contributed by atoms with Gasteiger partial charge in [0.15, 0.2) is 0 Å². The standard InChI is InChI=1S/C10H17N3O2/c11-9-8-12-4-2-10(9)13-3-1-6-15-7-5-14/h2,4,8,14H,1,3,5-7,11H2,(H,12,13). The molecule has 4 N–H and O–H groups in total. The van der Waals surface area contributed by atoms with Crippen molar-refractivity contribution in [1.29, 1.82) is 0 Å². The second kappa shape index (κ2) is 7.03. The maximum absolute atomic E-state index is 8.47. The molecule has 0 fully saturated rings. The molecule has 1 aromatic heterocycles. The first-order valence-electron chi connectivity index (χ1n) is 4.96. The molecule has 0 unspecified atom stereocenters. The molecule has 5 nitrogen and oxygen atoms in total. The van der Waals surface area contributed by atoms with Crippen molar-refractivity contribution in [1.82, 2.24) is 4.98 Å². The number of pyridine rings is 1. The minimum absolute atomic E-state index is 0.0741. The Hall–Kier alpha value is -1.33. The summed E-state index contributed by atoms with van der Waals surface area (Å²) in [6.45, 7) is 1.90. The highest BCUT2D eigenvalue weighted by atomic mass is 16.5. The highest BCUT2D eigenvalue weighted by Crippen LogP contribution is 2.14. The van der Waals surface area contributed by atoms with E-state index in [2.05, 4.69) is 10.3 Å². The normalized spacial score (nSPS) is 10.2. The third kappa shape index (κ3) is 4.62. The Balaban J connectivity index is 2.12. The van der Waals surface area contributed by atoms with E-state index in [0.29, 0.717) is 18.9 Å². The highest BCUT2D eigenvalue weighted by molar-refractivity contribution is 5.63. The van der Waals surface area contributed by atoms with Gasteiger partial charge in [0.05, 0.1) is 30.8 Å². The van der Waals surface area contributed by atoms with Crippen molar-refractivity contribution >= 4 is 11.4 Å². The van der Waals surface area contributed by atoms with Crippen LogP contribution in [0.2, 0.25) is 0 Å². The van der Waals surface area contributed by atoms with E-state index in [0.717, 1.165) is 18.7 Å². The molecule has 0 spiro atoms. The monoisotopic (exact) mass is 211 g/mol. The van der Waals surface area contributed by atoms with E-state index in [1.807, 2.05) is 6.07 Å². The van der Waals surface area contributed by atoms with Gasteiger partial charge in [0.1, 0.15) is 0 Å². The van der Waals surface area contributed by atoms with Crippen LogP contribution in [-0.4, -0.2) is 36.5 Å². The number of hydrogen-bond donors (Lipinski definition) is 3. The van der Waals surface area contributed by atoms with Gasteiger partial charge in [-0.1, -0.05) is 0 Å². The molecule has 0 amide bonds. The van der Waals surface area contributed by atoms with E-state index in [9.17, 15) is 0 Å². The van der Waals surface area contributed by atoms with Gasteiger partial charge < -0.3 is 20.9 Å². The van der Waals surface area contributed by atoms with Gasteiger partial charge in [0.2, 0.25) is 0 Å². The Labute approximate surface area is 89.3 Å². The van der Waals surface area contributed by atoms with E-state index < -0.39 is 0 Å². The molecule has 0 aliphatic rings. The maximum Gasteiger partial charge on any atom is 0.0736 e. The maximum atomic E-state index is 8.47. The second-order valence-electron chi connectivity index (χ2n) is 3.08. The van der Waals surface area contributed by atoms with Crippen molar-refractivity contribution in [2.24, 2.45) is 0 Å². The summed E-state index contributed by atoms with van der Waals surface area (Å²) >= 11 is 0. The van der Waals surface area contributed by atoms with Crippen molar-refractivity contribution in [2.75, 3.05) is 37.4 Å². The summed E-state index contributed by atoms with van der Waals surface area (Å²) in [5, 5.41) is 11.7. The van der Waals surface area contributed by atoms with E-state index in [1.54, 1.807) is 12.4 Å². The third-order valence-corrected chi connectivity index (χ3v) is 1.87. The number of aromatic nitrogens is 1. The number of nitrogens with one attached hydrogen (secondary N) is 1. The van der Waals surface area contributed by atoms with Crippen LogP contribution in [0.25, 0.3) is 0 Å². The number of aliphatic hydroxyl groups is 1. The van der Waals surface area contributed by atoms with Gasteiger partial charge in [-0.15, -0.1) is 0 Å². The van der Waals surface area contributed by atoms with Gasteiger partial charge >= 0.3 is 0 Å². The van der Waals surface area contributed by atoms with E-state index >= 15 is 0 Å². The number of nitrogens with two attached hydrogens (primary N) is 1. The van der Waals surface area contributed by atoms with Gasteiger partial charge in [0.25, 0.3) is 0 Å². The van der Waals surface area contributed by atoms with Crippen LogP contribution in [0.15, 0.2) is 18.5 Å². The Morgan fingerprint density at radius 2 is 2.33 bits per heavy atom. The van der Waals surface area contributed by atoms with E-state index in [1.165, 1.54) is 0 Å². The Morgan fingerprint density at radius 1 is 1.47 bits per heavy atom. The van der Waals surface area contributed by atoms with Crippen LogP contribution in [0, 0.1) is 0 Å². The molecule has 0 bridgehead atoms. The van der Waals surface area contributed by atoms with Gasteiger partial charge in [0, 0.05) is 19.3 Å². The number of aliphatic hydroxyl groups excluding tert-OH is 1. The van der Waals surface area contributed by atoms with Gasteiger partial charge in [-0.05, 0) is 12.5 Å². The summed E-state index contributed by atoms with van der Waals surface area (Å²) in [5.74, 6) is 0. The zero-order valence-electron chi connectivity index (χ0n) is 8.65. The summed E-state index contributed by atoms with van der Waals surface area (Å²) in [6, 6.07) is 1.84. The highest BCUT2D eigenvalue weighted by Gasteiger charge is 1.96. The number of hydrogen-bond acceptors (Lipinski definition) is 5. The number of ether oxygens (including phenoxy) is 1. The predicted octanol–water partition coefficient (Wildman–Crippen LogP) is 0.475. The minimum atomic E-state index is 0.0741. The SMILES string of the molecule is Nc1cnccc1NCCCOCCO. The van der Waals surface area contributed by atoms with E-state index in [-0.39, 0.29) is 6.61 Å². The summed E-state index contributed by atoms with van der Waals surface area (Å²) in [7, 11) is 0. The zero-order valence-corrected chi connectivity index (χ0v) is 8.65. The first kappa shape index (κ1) is 11.7. The van der Waals surface area contributed by atoms with Gasteiger partial charge in [-0.2, -0.15) is 0 Å². The molecule has 0 aliphatic heterocycles. The van der Waals surface area contributed by atoms with Crippen molar-refractivity contribution < 1.29 is 9.84 Å². The van der Waals surface area contributed by atoms with E-state index in [4.69, 9.17) is 15.6 Å². The third-order valence-electron chi connectivity index (χ3n) is 1.87. The van der Waals surface area contributed by atoms with Crippen LogP contribution in [0.4, 0.5) is 11.4 Å². The lowest BCUT2D eigenvalue weighted by atomic mass is 10.3. The average molecular weight is 211 g/mol. The summed E-state index contributed by atoms with van der Waals surface area (Å²) in [5.41, 5.74) is 7.24. The van der Waals surface area contributed by atoms with Crippen molar-refractivity contribution in [3.05, 3.63) is 18.5 Å². The Morgan fingerprint density at radius 3 is 3.07 bits per heavy atom. The number of rotatable bonds is 7. The van der Waals surface area contributed by atoms with Crippen molar-refractivity contribution in [2.45, 2.75) is 6.42 Å². The summed E-state index contributed by atoms with van der Waals surface area (Å²) < 4.78 is 5.12.